The van der Waals surface area contributed by atoms with Crippen molar-refractivity contribution in [1.82, 2.24) is 19.7 Å². The summed E-state index contributed by atoms with van der Waals surface area (Å²) in [6, 6.07) is 14.2. The van der Waals surface area contributed by atoms with Crippen LogP contribution in [0.4, 0.5) is 0 Å². The number of rotatable bonds is 5. The van der Waals surface area contributed by atoms with E-state index >= 15 is 0 Å². The Balaban J connectivity index is 1.99. The summed E-state index contributed by atoms with van der Waals surface area (Å²) in [6.07, 6.45) is 3.75. The number of hydrogen-bond donors (Lipinski definition) is 2. The molecule has 7 nitrogen and oxygen atoms in total. The van der Waals surface area contributed by atoms with Crippen LogP contribution in [-0.4, -0.2) is 32.2 Å². The average molecular weight is 365 g/mol. The molecular formula is C20H23N5O2. The van der Waals surface area contributed by atoms with Gasteiger partial charge in [0.25, 0.3) is 5.91 Å². The smallest absolute Gasteiger partial charge is 0.272 e. The van der Waals surface area contributed by atoms with Crippen LogP contribution < -0.4 is 11.1 Å². The summed E-state index contributed by atoms with van der Waals surface area (Å²) in [7, 11) is 0. The third-order valence-corrected chi connectivity index (χ3v) is 4.22. The highest BCUT2D eigenvalue weighted by Crippen LogP contribution is 2.21. The van der Waals surface area contributed by atoms with Gasteiger partial charge in [-0.25, -0.2) is 4.68 Å². The Morgan fingerprint density at radius 2 is 1.70 bits per heavy atom. The summed E-state index contributed by atoms with van der Waals surface area (Å²) in [6.45, 7) is 5.53. The maximum atomic E-state index is 12.8. The number of nitrogens with zero attached hydrogens (tertiary/aromatic N) is 3. The van der Waals surface area contributed by atoms with Crippen molar-refractivity contribution in [3.63, 3.8) is 0 Å². The van der Waals surface area contributed by atoms with E-state index in [9.17, 15) is 9.59 Å². The summed E-state index contributed by atoms with van der Waals surface area (Å²) < 4.78 is 3.55. The molecule has 0 fully saturated rings. The van der Waals surface area contributed by atoms with Crippen molar-refractivity contribution in [2.75, 3.05) is 0 Å². The second kappa shape index (κ2) is 7.11. The van der Waals surface area contributed by atoms with Crippen molar-refractivity contribution in [3.05, 3.63) is 66.6 Å². The van der Waals surface area contributed by atoms with Crippen LogP contribution in [0.1, 0.15) is 31.3 Å². The topological polar surface area (TPSA) is 94.9 Å². The summed E-state index contributed by atoms with van der Waals surface area (Å²) in [5.41, 5.74) is 5.99. The van der Waals surface area contributed by atoms with Crippen molar-refractivity contribution in [2.24, 2.45) is 11.1 Å². The van der Waals surface area contributed by atoms with Gasteiger partial charge in [0.05, 0.1) is 5.69 Å². The van der Waals surface area contributed by atoms with E-state index < -0.39 is 23.3 Å². The van der Waals surface area contributed by atoms with Gasteiger partial charge in [-0.3, -0.25) is 9.59 Å². The third-order valence-electron chi connectivity index (χ3n) is 4.22. The second-order valence-electron chi connectivity index (χ2n) is 7.40. The van der Waals surface area contributed by atoms with Gasteiger partial charge in [0.1, 0.15) is 11.9 Å². The van der Waals surface area contributed by atoms with Crippen LogP contribution >= 0.6 is 0 Å². The van der Waals surface area contributed by atoms with Gasteiger partial charge in [0, 0.05) is 18.5 Å². The largest absolute Gasteiger partial charge is 0.368 e. The molecular weight excluding hydrogens is 342 g/mol. The van der Waals surface area contributed by atoms with Crippen LogP contribution in [0.15, 0.2) is 60.9 Å². The quantitative estimate of drug-likeness (QED) is 0.726. The first kappa shape index (κ1) is 18.4. The van der Waals surface area contributed by atoms with E-state index in [1.165, 1.54) is 0 Å². The lowest BCUT2D eigenvalue weighted by Crippen LogP contribution is -2.52. The number of aromatic nitrogens is 3. The first-order valence-electron chi connectivity index (χ1n) is 8.66. The molecule has 0 saturated carbocycles. The lowest BCUT2D eigenvalue weighted by atomic mass is 9.86. The number of carbonyl (C=O) groups excluding carboxylic acids is 2. The van der Waals surface area contributed by atoms with Gasteiger partial charge in [-0.05, 0) is 29.7 Å². The molecule has 7 heteroatoms. The van der Waals surface area contributed by atoms with Crippen molar-refractivity contribution in [2.45, 2.75) is 26.8 Å². The Morgan fingerprint density at radius 1 is 1.07 bits per heavy atom. The monoisotopic (exact) mass is 365 g/mol. The van der Waals surface area contributed by atoms with Gasteiger partial charge < -0.3 is 15.6 Å². The summed E-state index contributed by atoms with van der Waals surface area (Å²) in [4.78, 5) is 24.5. The van der Waals surface area contributed by atoms with E-state index in [-0.39, 0.29) is 5.69 Å². The molecule has 0 aliphatic rings. The number of benzene rings is 1. The number of amides is 2. The molecule has 1 aromatic carbocycles. The van der Waals surface area contributed by atoms with E-state index in [2.05, 4.69) is 10.4 Å². The standard InChI is InChI=1S/C20H23N5O2/c1-20(2,3)17(18(21)26)22-19(27)15-13-16(24-11-7-8-12-24)25(23-15)14-9-5-4-6-10-14/h4-13,17H,1-3H3,(H2,21,26)(H,22,27)/t17-/m1/s1. The van der Waals surface area contributed by atoms with Crippen LogP contribution in [0.2, 0.25) is 0 Å². The zero-order valence-electron chi connectivity index (χ0n) is 15.6. The molecule has 2 amide bonds. The van der Waals surface area contributed by atoms with Crippen molar-refractivity contribution in [1.29, 1.82) is 0 Å². The van der Waals surface area contributed by atoms with Crippen LogP contribution in [0.3, 0.4) is 0 Å². The lowest BCUT2D eigenvalue weighted by Gasteiger charge is -2.28. The molecule has 2 aromatic heterocycles. The second-order valence-corrected chi connectivity index (χ2v) is 7.40. The number of nitrogens with one attached hydrogen (secondary N) is 1. The van der Waals surface area contributed by atoms with Crippen LogP contribution in [0.25, 0.3) is 11.5 Å². The minimum absolute atomic E-state index is 0.207. The molecule has 0 unspecified atom stereocenters. The van der Waals surface area contributed by atoms with Gasteiger partial charge in [-0.1, -0.05) is 39.0 Å². The first-order chi connectivity index (χ1) is 12.8. The Labute approximate surface area is 157 Å². The fraction of sp³-hybridized carbons (Fsp3) is 0.250. The summed E-state index contributed by atoms with van der Waals surface area (Å²) in [5, 5.41) is 7.17. The maximum absolute atomic E-state index is 12.8. The van der Waals surface area contributed by atoms with E-state index in [1.807, 2.05) is 80.2 Å². The molecule has 0 saturated heterocycles. The van der Waals surface area contributed by atoms with Gasteiger partial charge >= 0.3 is 0 Å². The number of para-hydroxylation sites is 1. The highest BCUT2D eigenvalue weighted by Gasteiger charge is 2.32. The molecule has 0 bridgehead atoms. The van der Waals surface area contributed by atoms with E-state index in [4.69, 9.17) is 5.73 Å². The fourth-order valence-corrected chi connectivity index (χ4v) is 2.83. The van der Waals surface area contributed by atoms with Crippen molar-refractivity contribution in [3.8, 4) is 11.5 Å². The fourth-order valence-electron chi connectivity index (χ4n) is 2.83. The molecule has 0 aliphatic carbocycles. The zero-order valence-corrected chi connectivity index (χ0v) is 15.6. The number of nitrogens with two attached hydrogens (primary N) is 1. The van der Waals surface area contributed by atoms with E-state index in [1.54, 1.807) is 10.7 Å². The Hall–Kier alpha value is -3.35. The van der Waals surface area contributed by atoms with Crippen LogP contribution in [-0.2, 0) is 4.79 Å². The first-order valence-corrected chi connectivity index (χ1v) is 8.66. The maximum Gasteiger partial charge on any atom is 0.272 e. The van der Waals surface area contributed by atoms with Gasteiger partial charge in [-0.2, -0.15) is 5.10 Å². The van der Waals surface area contributed by atoms with Crippen molar-refractivity contribution < 1.29 is 9.59 Å². The van der Waals surface area contributed by atoms with Crippen LogP contribution in [0, 0.1) is 5.41 Å². The Bertz CT molecular complexity index is 937. The minimum Gasteiger partial charge on any atom is -0.368 e. The molecule has 1 atom stereocenters. The number of primary amides is 1. The summed E-state index contributed by atoms with van der Waals surface area (Å²) in [5.74, 6) is -0.316. The molecule has 0 spiro atoms. The SMILES string of the molecule is CC(C)(C)[C@H](NC(=O)c1cc(-n2cccc2)n(-c2ccccc2)n1)C(N)=O. The number of hydrogen-bond acceptors (Lipinski definition) is 3. The highest BCUT2D eigenvalue weighted by atomic mass is 16.2. The molecule has 0 aliphatic heterocycles. The molecule has 3 aromatic rings. The summed E-state index contributed by atoms with van der Waals surface area (Å²) >= 11 is 0. The molecule has 27 heavy (non-hydrogen) atoms. The normalized spacial score (nSPS) is 12.6. The molecule has 2 heterocycles. The minimum atomic E-state index is -0.804. The number of carbonyl (C=O) groups is 2. The van der Waals surface area contributed by atoms with Crippen LogP contribution in [0.5, 0.6) is 0 Å². The van der Waals surface area contributed by atoms with E-state index in [0.29, 0.717) is 5.82 Å². The lowest BCUT2D eigenvalue weighted by molar-refractivity contribution is -0.122. The average Bonchev–Trinajstić information content (AvgIpc) is 3.28. The van der Waals surface area contributed by atoms with Gasteiger partial charge in [0.15, 0.2) is 5.69 Å². The predicted octanol–water partition coefficient (Wildman–Crippen LogP) is 2.29. The Morgan fingerprint density at radius 3 is 2.26 bits per heavy atom. The van der Waals surface area contributed by atoms with Crippen molar-refractivity contribution >= 4 is 11.8 Å². The van der Waals surface area contributed by atoms with Gasteiger partial charge in [0.2, 0.25) is 5.91 Å². The van der Waals surface area contributed by atoms with E-state index in [0.717, 1.165) is 5.69 Å². The Kier molecular flexibility index (Phi) is 4.85. The highest BCUT2D eigenvalue weighted by molar-refractivity contribution is 5.96. The molecule has 3 rings (SSSR count). The van der Waals surface area contributed by atoms with Gasteiger partial charge in [-0.15, -0.1) is 0 Å². The molecule has 3 N–H and O–H groups in total. The predicted molar refractivity (Wildman–Crippen MR) is 103 cm³/mol. The molecule has 140 valence electrons. The third kappa shape index (κ3) is 3.92. The molecule has 0 radical (unpaired) electrons. The zero-order chi connectivity index (χ0) is 19.6.